The molecule has 2 fully saturated rings. The van der Waals surface area contributed by atoms with Crippen molar-refractivity contribution in [2.24, 2.45) is 0 Å². The second-order valence-electron chi connectivity index (χ2n) is 7.56. The van der Waals surface area contributed by atoms with Gasteiger partial charge in [-0.15, -0.1) is 6.42 Å². The number of carbonyl (C=O) groups excluding carboxylic acids is 2. The molecular formula is C24H36O11. The average Bonchev–Trinajstić information content (AvgIpc) is 3.78. The van der Waals surface area contributed by atoms with Crippen LogP contribution in [0.15, 0.2) is 24.3 Å². The van der Waals surface area contributed by atoms with Crippen LogP contribution in [0.25, 0.3) is 0 Å². The molecule has 0 amide bonds. The number of methoxy groups -OCH3 is 3. The zero-order valence-electron chi connectivity index (χ0n) is 20.7. The second-order valence-corrected chi connectivity index (χ2v) is 7.56. The molecule has 6 atom stereocenters. The number of rotatable bonds is 16. The Hall–Kier alpha value is -2.30. The van der Waals surface area contributed by atoms with Crippen molar-refractivity contribution in [1.29, 1.82) is 0 Å². The Morgan fingerprint density at radius 1 is 0.971 bits per heavy atom. The first-order valence-electron chi connectivity index (χ1n) is 11.0. The molecular weight excluding hydrogens is 464 g/mol. The highest BCUT2D eigenvalue weighted by molar-refractivity contribution is 5.88. The van der Waals surface area contributed by atoms with Crippen LogP contribution >= 0.6 is 0 Å². The van der Waals surface area contributed by atoms with Crippen molar-refractivity contribution >= 4 is 11.9 Å². The third-order valence-corrected chi connectivity index (χ3v) is 4.96. The van der Waals surface area contributed by atoms with Crippen LogP contribution in [0.1, 0.15) is 19.8 Å². The molecule has 35 heavy (non-hydrogen) atoms. The lowest BCUT2D eigenvalue weighted by Gasteiger charge is -2.16. The molecule has 2 saturated heterocycles. The number of epoxide rings is 2. The molecule has 0 saturated carbocycles. The Labute approximate surface area is 206 Å². The summed E-state index contributed by atoms with van der Waals surface area (Å²) in [6, 6.07) is 0. The first-order chi connectivity index (χ1) is 16.8. The lowest BCUT2D eigenvalue weighted by molar-refractivity contribution is -0.139. The zero-order valence-corrected chi connectivity index (χ0v) is 20.7. The van der Waals surface area contributed by atoms with Crippen LogP contribution in [0.5, 0.6) is 0 Å². The highest BCUT2D eigenvalue weighted by Crippen LogP contribution is 2.31. The van der Waals surface area contributed by atoms with Crippen LogP contribution in [0, 0.1) is 12.3 Å². The van der Waals surface area contributed by atoms with Crippen molar-refractivity contribution in [2.45, 2.75) is 56.4 Å². The van der Waals surface area contributed by atoms with E-state index in [-0.39, 0.29) is 56.8 Å². The molecule has 0 aromatic rings. The number of terminal acetylenes is 1. The molecule has 0 aromatic heterocycles. The van der Waals surface area contributed by atoms with Crippen molar-refractivity contribution in [3.63, 3.8) is 0 Å². The van der Waals surface area contributed by atoms with Gasteiger partial charge in [-0.2, -0.15) is 0 Å². The maximum Gasteiger partial charge on any atom is 0.333 e. The molecule has 0 unspecified atom stereocenters. The highest BCUT2D eigenvalue weighted by atomic mass is 16.7. The number of ether oxygens (including phenoxy) is 8. The van der Waals surface area contributed by atoms with E-state index in [0.29, 0.717) is 30.6 Å². The molecule has 198 valence electrons. The third-order valence-electron chi connectivity index (χ3n) is 4.96. The largest absolute Gasteiger partial charge is 0.466 e. The predicted molar refractivity (Wildman–Crippen MR) is 123 cm³/mol. The van der Waals surface area contributed by atoms with E-state index in [1.54, 1.807) is 6.92 Å². The number of esters is 2. The molecule has 0 aromatic carbocycles. The summed E-state index contributed by atoms with van der Waals surface area (Å²) in [4.78, 5) is 22.7. The molecule has 2 heterocycles. The number of aliphatic hydroxyl groups is 1. The van der Waals surface area contributed by atoms with Crippen molar-refractivity contribution in [3.8, 4) is 12.3 Å². The summed E-state index contributed by atoms with van der Waals surface area (Å²) >= 11 is 0. The van der Waals surface area contributed by atoms with E-state index in [2.05, 4.69) is 23.8 Å². The fourth-order valence-electron chi connectivity index (χ4n) is 3.05. The van der Waals surface area contributed by atoms with Crippen molar-refractivity contribution in [2.75, 3.05) is 48.1 Å². The van der Waals surface area contributed by atoms with Crippen molar-refractivity contribution in [1.82, 2.24) is 0 Å². The van der Waals surface area contributed by atoms with Gasteiger partial charge in [0.05, 0.1) is 32.5 Å². The van der Waals surface area contributed by atoms with E-state index in [1.807, 2.05) is 0 Å². The first kappa shape index (κ1) is 30.7. The molecule has 0 spiro atoms. The van der Waals surface area contributed by atoms with E-state index in [9.17, 15) is 9.59 Å². The van der Waals surface area contributed by atoms with Gasteiger partial charge in [-0.25, -0.2) is 9.59 Å². The van der Waals surface area contributed by atoms with Gasteiger partial charge in [0.2, 0.25) is 0 Å². The quantitative estimate of drug-likeness (QED) is 0.106. The van der Waals surface area contributed by atoms with E-state index in [1.165, 1.54) is 21.3 Å². The lowest BCUT2D eigenvalue weighted by atomic mass is 10.1. The van der Waals surface area contributed by atoms with Gasteiger partial charge in [0.1, 0.15) is 38.0 Å². The Morgan fingerprint density at radius 3 is 1.91 bits per heavy atom. The van der Waals surface area contributed by atoms with Gasteiger partial charge in [-0.05, 0) is 6.92 Å². The first-order valence-corrected chi connectivity index (χ1v) is 11.0. The molecule has 11 nitrogen and oxygen atoms in total. The van der Waals surface area contributed by atoms with Crippen LogP contribution in [-0.4, -0.2) is 102 Å². The minimum absolute atomic E-state index is 0.0661. The standard InChI is InChI=1S/C12H20O6.C12H16O5/c1-4-16-12(14)8(2)5-9(17-7-15-3)11-10(6-13)18-11;1-5-9-11(17-9)10(16-7-14-3)6-8(2)12(13)15-4/h9-11,13H,2,4-7H2,1,3H3;1,9-11H,2,6-7H2,3-4H3/t9-,10-,11+;9-,10-,11-/m11/s1. The summed E-state index contributed by atoms with van der Waals surface area (Å²) in [5, 5.41) is 8.95. The normalized spacial score (nSPS) is 23.5. The summed E-state index contributed by atoms with van der Waals surface area (Å²) in [6.45, 7) is 9.48. The van der Waals surface area contributed by atoms with Gasteiger partial charge in [0.25, 0.3) is 0 Å². The number of hydrogen-bond acceptors (Lipinski definition) is 11. The second kappa shape index (κ2) is 16.4. The molecule has 2 aliphatic heterocycles. The summed E-state index contributed by atoms with van der Waals surface area (Å²) in [7, 11) is 4.32. The summed E-state index contributed by atoms with van der Waals surface area (Å²) in [6.07, 6.45) is 4.19. The molecule has 2 aliphatic rings. The summed E-state index contributed by atoms with van der Waals surface area (Å²) < 4.78 is 40.3. The van der Waals surface area contributed by atoms with Gasteiger partial charge >= 0.3 is 11.9 Å². The van der Waals surface area contributed by atoms with E-state index in [4.69, 9.17) is 44.7 Å². The SMILES string of the molecule is C#C[C@H]1O[C@H]1[C@@H](CC(=C)C(=O)OC)OCOC.C=C(C[C@@H](OCOC)[C@@H]1O[C@@H]1CO)C(=O)OCC. The Bertz CT molecular complexity index is 744. The topological polar surface area (TPSA) is 135 Å². The predicted octanol–water partition coefficient (Wildman–Crippen LogP) is 0.740. The molecule has 2 rings (SSSR count). The van der Waals surface area contributed by atoms with E-state index >= 15 is 0 Å². The minimum atomic E-state index is -0.464. The molecule has 1 N–H and O–H groups in total. The van der Waals surface area contributed by atoms with Gasteiger partial charge in [0.15, 0.2) is 0 Å². The van der Waals surface area contributed by atoms with Crippen LogP contribution in [0.2, 0.25) is 0 Å². The lowest BCUT2D eigenvalue weighted by Crippen LogP contribution is -2.26. The maximum absolute atomic E-state index is 11.4. The fraction of sp³-hybridized carbons (Fsp3) is 0.667. The Balaban J connectivity index is 0.000000351. The van der Waals surface area contributed by atoms with Gasteiger partial charge < -0.3 is 43.0 Å². The van der Waals surface area contributed by atoms with Crippen molar-refractivity contribution in [3.05, 3.63) is 24.3 Å². The smallest absolute Gasteiger partial charge is 0.333 e. The maximum atomic E-state index is 11.4. The van der Waals surface area contributed by atoms with Crippen LogP contribution in [0.4, 0.5) is 0 Å². The van der Waals surface area contributed by atoms with Crippen LogP contribution in [0.3, 0.4) is 0 Å². The Morgan fingerprint density at radius 2 is 1.51 bits per heavy atom. The van der Waals surface area contributed by atoms with Gasteiger partial charge in [-0.3, -0.25) is 0 Å². The highest BCUT2D eigenvalue weighted by Gasteiger charge is 2.46. The summed E-state index contributed by atoms with van der Waals surface area (Å²) in [5.74, 6) is 1.57. The van der Waals surface area contributed by atoms with E-state index in [0.717, 1.165) is 0 Å². The van der Waals surface area contributed by atoms with E-state index < -0.39 is 11.9 Å². The zero-order chi connectivity index (χ0) is 26.4. The number of hydrogen-bond donors (Lipinski definition) is 1. The molecule has 11 heteroatoms. The van der Waals surface area contributed by atoms with Crippen molar-refractivity contribution < 1.29 is 52.6 Å². The fourth-order valence-corrected chi connectivity index (χ4v) is 3.05. The summed E-state index contributed by atoms with van der Waals surface area (Å²) in [5.41, 5.74) is 0.644. The van der Waals surface area contributed by atoms with Gasteiger partial charge in [-0.1, -0.05) is 19.1 Å². The van der Waals surface area contributed by atoms with Crippen LogP contribution in [-0.2, 0) is 47.5 Å². The van der Waals surface area contributed by atoms with Crippen LogP contribution < -0.4 is 0 Å². The average molecular weight is 501 g/mol. The monoisotopic (exact) mass is 500 g/mol. The molecule has 0 radical (unpaired) electrons. The minimum Gasteiger partial charge on any atom is -0.466 e. The Kier molecular flexibility index (Phi) is 14.4. The third kappa shape index (κ3) is 10.9. The molecule has 0 bridgehead atoms. The number of carbonyl (C=O) groups is 2. The molecule has 0 aliphatic carbocycles. The van der Waals surface area contributed by atoms with Gasteiger partial charge in [0, 0.05) is 38.2 Å². The number of aliphatic hydroxyl groups excluding tert-OH is 1.